The van der Waals surface area contributed by atoms with E-state index in [-0.39, 0.29) is 22.8 Å². The summed E-state index contributed by atoms with van der Waals surface area (Å²) in [5.41, 5.74) is 8.60. The number of hydrogen-bond donors (Lipinski definition) is 2. The predicted octanol–water partition coefficient (Wildman–Crippen LogP) is 3.83. The highest BCUT2D eigenvalue weighted by atomic mass is 19.1. The first-order valence-electron chi connectivity index (χ1n) is 9.59. The molecule has 31 heavy (non-hydrogen) atoms. The van der Waals surface area contributed by atoms with Crippen LogP contribution in [0.3, 0.4) is 0 Å². The van der Waals surface area contributed by atoms with Gasteiger partial charge in [-0.1, -0.05) is 18.2 Å². The molecule has 0 saturated carbocycles. The molecular formula is C23H19FN6O. The Morgan fingerprint density at radius 3 is 2.71 bits per heavy atom. The van der Waals surface area contributed by atoms with Crippen LogP contribution in [0.25, 0.3) is 16.6 Å². The first-order valence-corrected chi connectivity index (χ1v) is 9.59. The van der Waals surface area contributed by atoms with E-state index in [2.05, 4.69) is 15.3 Å². The minimum absolute atomic E-state index is 0.0618. The summed E-state index contributed by atoms with van der Waals surface area (Å²) in [7, 11) is 0. The molecule has 0 radical (unpaired) electrons. The summed E-state index contributed by atoms with van der Waals surface area (Å²) in [5, 5.41) is 12.6. The van der Waals surface area contributed by atoms with Crippen LogP contribution in [0.1, 0.15) is 29.8 Å². The van der Waals surface area contributed by atoms with Crippen molar-refractivity contribution in [3.63, 3.8) is 0 Å². The summed E-state index contributed by atoms with van der Waals surface area (Å²) in [6, 6.07) is 14.9. The molecule has 0 unspecified atom stereocenters. The monoisotopic (exact) mass is 414 g/mol. The van der Waals surface area contributed by atoms with Gasteiger partial charge in [0.25, 0.3) is 5.56 Å². The molecule has 0 aliphatic carbocycles. The zero-order chi connectivity index (χ0) is 22.1. The summed E-state index contributed by atoms with van der Waals surface area (Å²) in [5.74, 6) is -0.113. The van der Waals surface area contributed by atoms with Crippen molar-refractivity contribution in [2.24, 2.45) is 0 Å². The van der Waals surface area contributed by atoms with E-state index in [0.717, 1.165) is 5.69 Å². The van der Waals surface area contributed by atoms with E-state index >= 15 is 0 Å². The van der Waals surface area contributed by atoms with Gasteiger partial charge in [0.05, 0.1) is 11.6 Å². The number of nitriles is 1. The number of hydrogen-bond acceptors (Lipinski definition) is 6. The van der Waals surface area contributed by atoms with Crippen molar-refractivity contribution in [1.29, 1.82) is 5.26 Å². The number of fused-ring (bicyclic) bond motifs is 1. The molecule has 4 aromatic rings. The lowest BCUT2D eigenvalue weighted by Crippen LogP contribution is -2.22. The van der Waals surface area contributed by atoms with Crippen LogP contribution in [0, 0.1) is 24.1 Å². The van der Waals surface area contributed by atoms with Crippen molar-refractivity contribution in [2.45, 2.75) is 19.9 Å². The number of aromatic nitrogens is 3. The fourth-order valence-electron chi connectivity index (χ4n) is 3.67. The lowest BCUT2D eigenvalue weighted by molar-refractivity contribution is 0.628. The van der Waals surface area contributed by atoms with Crippen LogP contribution in [-0.4, -0.2) is 14.4 Å². The first-order chi connectivity index (χ1) is 14.9. The number of benzene rings is 1. The van der Waals surface area contributed by atoms with Gasteiger partial charge >= 0.3 is 0 Å². The van der Waals surface area contributed by atoms with E-state index in [4.69, 9.17) is 5.73 Å². The molecule has 4 rings (SSSR count). The standard InChI is InChI=1S/C23H19FN6O/c1-13-5-3-8-17-10-18(14(2)29-22-19(11-25)21(26)27-12-28-22)20(23(31)30(13)17)15-6-4-7-16(24)9-15/h3-10,12,14H,1-2H3,(H3,26,27,28,29)/t14-/m0/s1. The van der Waals surface area contributed by atoms with Crippen molar-refractivity contribution < 1.29 is 4.39 Å². The third-order valence-corrected chi connectivity index (χ3v) is 5.15. The Morgan fingerprint density at radius 1 is 1.19 bits per heavy atom. The fraction of sp³-hybridized carbons (Fsp3) is 0.130. The second kappa shape index (κ2) is 7.88. The Hall–Kier alpha value is -4.25. The number of nitrogens with one attached hydrogen (secondary N) is 1. The molecule has 3 heterocycles. The van der Waals surface area contributed by atoms with Gasteiger partial charge in [-0.25, -0.2) is 14.4 Å². The van der Waals surface area contributed by atoms with E-state index in [0.29, 0.717) is 22.2 Å². The molecule has 0 aliphatic heterocycles. The number of nitrogens with two attached hydrogens (primary N) is 1. The summed E-state index contributed by atoms with van der Waals surface area (Å²) in [6.07, 6.45) is 1.26. The quantitative estimate of drug-likeness (QED) is 0.525. The number of nitrogen functional groups attached to an aromatic ring is 1. The highest BCUT2D eigenvalue weighted by molar-refractivity contribution is 5.72. The summed E-state index contributed by atoms with van der Waals surface area (Å²) < 4.78 is 15.6. The van der Waals surface area contributed by atoms with Crippen LogP contribution in [0.4, 0.5) is 16.0 Å². The average Bonchev–Trinajstić information content (AvgIpc) is 2.73. The smallest absolute Gasteiger partial charge is 0.263 e. The van der Waals surface area contributed by atoms with Gasteiger partial charge < -0.3 is 11.1 Å². The lowest BCUT2D eigenvalue weighted by Gasteiger charge is -2.21. The highest BCUT2D eigenvalue weighted by Gasteiger charge is 2.20. The van der Waals surface area contributed by atoms with Crippen molar-refractivity contribution >= 4 is 17.2 Å². The number of halogens is 1. The third-order valence-electron chi connectivity index (χ3n) is 5.15. The van der Waals surface area contributed by atoms with Crippen molar-refractivity contribution in [1.82, 2.24) is 14.4 Å². The minimum Gasteiger partial charge on any atom is -0.382 e. The Bertz CT molecular complexity index is 1410. The normalized spacial score (nSPS) is 11.8. The van der Waals surface area contributed by atoms with Gasteiger partial charge in [0.1, 0.15) is 35.4 Å². The zero-order valence-electron chi connectivity index (χ0n) is 16.9. The summed E-state index contributed by atoms with van der Waals surface area (Å²) in [4.78, 5) is 21.5. The number of anilines is 2. The van der Waals surface area contributed by atoms with E-state index in [1.165, 1.54) is 18.5 Å². The van der Waals surface area contributed by atoms with Crippen molar-refractivity contribution in [2.75, 3.05) is 11.1 Å². The molecular weight excluding hydrogens is 395 g/mol. The largest absolute Gasteiger partial charge is 0.382 e. The molecule has 3 aromatic heterocycles. The predicted molar refractivity (Wildman–Crippen MR) is 117 cm³/mol. The molecule has 1 aromatic carbocycles. The van der Waals surface area contributed by atoms with E-state index in [1.807, 2.05) is 44.2 Å². The van der Waals surface area contributed by atoms with Crippen LogP contribution in [0.2, 0.25) is 0 Å². The maximum Gasteiger partial charge on any atom is 0.263 e. The number of aryl methyl sites for hydroxylation is 1. The SMILES string of the molecule is Cc1cccc2cc([C@H](C)Nc3ncnc(N)c3C#N)c(-c3cccc(F)c3)c(=O)n12. The third kappa shape index (κ3) is 3.57. The highest BCUT2D eigenvalue weighted by Crippen LogP contribution is 2.30. The van der Waals surface area contributed by atoms with Gasteiger partial charge in [-0.2, -0.15) is 5.26 Å². The van der Waals surface area contributed by atoms with Crippen LogP contribution in [0.5, 0.6) is 0 Å². The molecule has 154 valence electrons. The maximum atomic E-state index is 14.0. The first kappa shape index (κ1) is 20.0. The van der Waals surface area contributed by atoms with E-state index < -0.39 is 11.9 Å². The molecule has 3 N–H and O–H groups in total. The second-order valence-electron chi connectivity index (χ2n) is 7.18. The zero-order valence-corrected chi connectivity index (χ0v) is 16.9. The summed E-state index contributed by atoms with van der Waals surface area (Å²) >= 11 is 0. The van der Waals surface area contributed by atoms with Gasteiger partial charge in [-0.05, 0) is 55.3 Å². The summed E-state index contributed by atoms with van der Waals surface area (Å²) in [6.45, 7) is 3.68. The van der Waals surface area contributed by atoms with E-state index in [1.54, 1.807) is 16.5 Å². The van der Waals surface area contributed by atoms with Crippen LogP contribution in [0.15, 0.2) is 59.7 Å². The molecule has 0 spiro atoms. The van der Waals surface area contributed by atoms with Gasteiger partial charge in [0.2, 0.25) is 0 Å². The molecule has 0 saturated heterocycles. The Labute approximate surface area is 177 Å². The molecule has 0 bridgehead atoms. The molecule has 1 atom stereocenters. The van der Waals surface area contributed by atoms with Gasteiger partial charge in [-0.3, -0.25) is 9.20 Å². The molecule has 0 amide bonds. The average molecular weight is 414 g/mol. The lowest BCUT2D eigenvalue weighted by atomic mass is 9.96. The fourth-order valence-corrected chi connectivity index (χ4v) is 3.67. The molecule has 8 heteroatoms. The van der Waals surface area contributed by atoms with Crippen LogP contribution < -0.4 is 16.6 Å². The van der Waals surface area contributed by atoms with Crippen molar-refractivity contribution in [3.05, 3.63) is 87.9 Å². The topological polar surface area (TPSA) is 109 Å². The minimum atomic E-state index is -0.446. The van der Waals surface area contributed by atoms with E-state index in [9.17, 15) is 14.4 Å². The van der Waals surface area contributed by atoms with Crippen molar-refractivity contribution in [3.8, 4) is 17.2 Å². The molecule has 7 nitrogen and oxygen atoms in total. The van der Waals surface area contributed by atoms with Gasteiger partial charge in [0, 0.05) is 11.2 Å². The van der Waals surface area contributed by atoms with Gasteiger partial charge in [0.15, 0.2) is 0 Å². The van der Waals surface area contributed by atoms with Crippen LogP contribution >= 0.6 is 0 Å². The molecule has 0 fully saturated rings. The Morgan fingerprint density at radius 2 is 1.97 bits per heavy atom. The maximum absolute atomic E-state index is 14.0. The van der Waals surface area contributed by atoms with Gasteiger partial charge in [-0.15, -0.1) is 0 Å². The number of rotatable bonds is 4. The second-order valence-corrected chi connectivity index (χ2v) is 7.18. The Balaban J connectivity index is 1.95. The Kier molecular flexibility index (Phi) is 5.09. The van der Waals surface area contributed by atoms with Crippen LogP contribution in [-0.2, 0) is 0 Å². The number of pyridine rings is 2. The number of nitrogens with zero attached hydrogens (tertiary/aromatic N) is 4. The molecule has 0 aliphatic rings.